The van der Waals surface area contributed by atoms with Crippen molar-refractivity contribution in [3.05, 3.63) is 114 Å². The minimum Gasteiger partial charge on any atom is -0.552 e. The van der Waals surface area contributed by atoms with Gasteiger partial charge in [-0.1, -0.05) is 6.42 Å². The van der Waals surface area contributed by atoms with Crippen molar-refractivity contribution in [2.45, 2.75) is 92.5 Å². The first kappa shape index (κ1) is 38.2. The molecule has 4 aromatic rings. The van der Waals surface area contributed by atoms with E-state index in [2.05, 4.69) is 84.8 Å². The number of benzene rings is 4. The third-order valence-electron chi connectivity index (χ3n) is 8.27. The summed E-state index contributed by atoms with van der Waals surface area (Å²) in [6.45, 7) is 22.6. The Balaban J connectivity index is 0.000000989. The molecule has 5 rings (SSSR count). The molecule has 1 aliphatic rings. The van der Waals surface area contributed by atoms with E-state index in [1.54, 1.807) is 0 Å². The fraction of sp³-hybridized carbons (Fsp3) is 0.381. The molecule has 0 aromatic heterocycles. The van der Waals surface area contributed by atoms with E-state index in [0.29, 0.717) is 6.54 Å². The second kappa shape index (κ2) is 16.4. The van der Waals surface area contributed by atoms with E-state index in [9.17, 15) is 10.2 Å². The summed E-state index contributed by atoms with van der Waals surface area (Å²) in [5.74, 6) is 0.563. The van der Waals surface area contributed by atoms with E-state index in [4.69, 9.17) is 8.34 Å². The molecule has 0 aliphatic carbocycles. The molecule has 2 N–H and O–H groups in total. The van der Waals surface area contributed by atoms with Gasteiger partial charge in [-0.25, -0.2) is 6.61 Å². The van der Waals surface area contributed by atoms with Crippen molar-refractivity contribution in [1.82, 2.24) is 0 Å². The molecule has 6 nitrogen and oxygen atoms in total. The zero-order valence-corrected chi connectivity index (χ0v) is 33.5. The number of nitrogens with zero attached hydrogens (tertiary/aromatic N) is 3. The van der Waals surface area contributed by atoms with Crippen molar-refractivity contribution in [2.75, 3.05) is 6.61 Å². The first-order valence-corrected chi connectivity index (χ1v) is 19.8. The van der Waals surface area contributed by atoms with E-state index in [1.165, 1.54) is 10.3 Å². The molecule has 260 valence electrons. The number of ether oxygens (including phenoxy) is 1. The maximum atomic E-state index is 11.7. The van der Waals surface area contributed by atoms with Gasteiger partial charge >= 0.3 is 272 Å². The van der Waals surface area contributed by atoms with Crippen molar-refractivity contribution in [3.8, 4) is 33.8 Å². The van der Waals surface area contributed by atoms with Gasteiger partial charge in [0, 0.05) is 6.61 Å². The molecule has 0 bridgehead atoms. The third kappa shape index (κ3) is 9.99. The van der Waals surface area contributed by atoms with Crippen molar-refractivity contribution in [2.24, 2.45) is 19.4 Å². The number of aromatic hydroxyl groups is 2. The molecule has 0 radical (unpaired) electrons. The van der Waals surface area contributed by atoms with Gasteiger partial charge in [0.15, 0.2) is 0 Å². The van der Waals surface area contributed by atoms with Crippen LogP contribution < -0.4 is 0 Å². The van der Waals surface area contributed by atoms with E-state index < -0.39 is 17.9 Å². The Bertz CT molecular complexity index is 1730. The summed E-state index contributed by atoms with van der Waals surface area (Å²) in [7, 11) is 0. The van der Waals surface area contributed by atoms with Crippen LogP contribution in [-0.4, -0.2) is 20.7 Å². The molecular weight excluding hydrogens is 778 g/mol. The largest absolute Gasteiger partial charge is 0.552 e. The van der Waals surface area contributed by atoms with Crippen molar-refractivity contribution in [1.29, 1.82) is 0 Å². The monoisotopic (exact) mass is 830 g/mol. The van der Waals surface area contributed by atoms with Crippen LogP contribution in [0.1, 0.15) is 97.4 Å². The summed E-state index contributed by atoms with van der Waals surface area (Å²) < 4.78 is 10.7. The number of phenolic OH excluding ortho intramolecular Hbond substituents is 2. The molecule has 1 aliphatic heterocycles. The van der Waals surface area contributed by atoms with Gasteiger partial charge in [-0.3, -0.25) is 0 Å². The predicted octanol–water partition coefficient (Wildman–Crippen LogP) is 11.4. The number of hydrogen-bond donors (Lipinski definition) is 2. The molecule has 0 atom stereocenters. The van der Waals surface area contributed by atoms with Gasteiger partial charge in [0.05, 0.1) is 0 Å². The molecule has 49 heavy (non-hydrogen) atoms. The topological polar surface area (TPSA) is 86.8 Å². The Hall–Kier alpha value is -3.60. The van der Waals surface area contributed by atoms with E-state index in [0.717, 1.165) is 57.5 Å². The zero-order valence-electron chi connectivity index (χ0n) is 30.5. The van der Waals surface area contributed by atoms with E-state index >= 15 is 0 Å². The standard InChI is InChI=1S/C31H38O2.C7H7N3.C4H7O.W/c1-29(2,3)19-24-20(22-15-11-17-25(27(22)32)30(4,5)6)13-10-14-21(24)23-16-12-18-26(28(23)33)31(7,8)9;8-10-9-6-7-4-2-1-3-5-7;1-2-4-5-3-1;/h10-18,32-33H,1-9H3;1-5H,6H2;3H,1-2,4H2;/q;;-1;. The Morgan fingerprint density at radius 2 is 1.20 bits per heavy atom. The first-order chi connectivity index (χ1) is 23.1. The van der Waals surface area contributed by atoms with E-state index in [-0.39, 0.29) is 27.7 Å². The Labute approximate surface area is 301 Å². The molecule has 1 saturated heterocycles. The summed E-state index contributed by atoms with van der Waals surface area (Å²) in [5.41, 5.74) is 6.54. The quantitative estimate of drug-likeness (QED) is 0.115. The van der Waals surface area contributed by atoms with Gasteiger partial charge in [-0.15, -0.1) is 0 Å². The van der Waals surface area contributed by atoms with Crippen LogP contribution in [0.15, 0.2) is 98.9 Å². The molecule has 4 aromatic carbocycles. The fourth-order valence-corrected chi connectivity index (χ4v) is 8.45. The van der Waals surface area contributed by atoms with Crippen molar-refractivity contribution >= 4 is 3.90 Å². The van der Waals surface area contributed by atoms with Crippen LogP contribution in [0.3, 0.4) is 0 Å². The smallest absolute Gasteiger partial charge is 0.00878 e. The van der Waals surface area contributed by atoms with Crippen molar-refractivity contribution < 1.29 is 32.9 Å². The Morgan fingerprint density at radius 1 is 0.694 bits per heavy atom. The average molecular weight is 831 g/mol. The Morgan fingerprint density at radius 3 is 1.63 bits per heavy atom. The maximum Gasteiger partial charge on any atom is 0.00878 e. The molecule has 0 saturated carbocycles. The summed E-state index contributed by atoms with van der Waals surface area (Å²) in [6.07, 6.45) is 2.38. The summed E-state index contributed by atoms with van der Waals surface area (Å²) in [4.78, 5) is 0. The minimum absolute atomic E-state index is 0.237. The van der Waals surface area contributed by atoms with Gasteiger partial charge in [0.1, 0.15) is 0 Å². The number of hydrogen-bond acceptors (Lipinski definition) is 5. The van der Waals surface area contributed by atoms with Gasteiger partial charge in [0.25, 0.3) is 0 Å². The number of rotatable bonds is 6. The van der Waals surface area contributed by atoms with Crippen molar-refractivity contribution in [3.63, 3.8) is 0 Å². The molecule has 0 unspecified atom stereocenters. The SMILES string of the molecule is CC(C)(C)[C](=[W]=[N]N=NCc1ccccc1)c1c(-c2cccc(C(C)(C)C)c2O)cccc1-c1cccc(C(C)(C)C)c1O.[CH-]1CCCO1. The molecule has 7 heteroatoms. The maximum absolute atomic E-state index is 11.7. The van der Waals surface area contributed by atoms with Crippen LogP contribution in [0.25, 0.3) is 22.3 Å². The van der Waals surface area contributed by atoms with E-state index in [1.807, 2.05) is 79.4 Å². The molecular formula is C42H52N3O3W-. The normalized spacial score (nSPS) is 13.6. The summed E-state index contributed by atoms with van der Waals surface area (Å²) >= 11 is -1.63. The van der Waals surface area contributed by atoms with Crippen LogP contribution in [-0.2, 0) is 40.0 Å². The van der Waals surface area contributed by atoms with Gasteiger partial charge in [-0.2, -0.15) is 6.42 Å². The van der Waals surface area contributed by atoms with Crippen LogP contribution in [0, 0.1) is 12.0 Å². The van der Waals surface area contributed by atoms with Gasteiger partial charge < -0.3 is 4.74 Å². The second-order valence-corrected chi connectivity index (χ2v) is 18.1. The van der Waals surface area contributed by atoms with Gasteiger partial charge in [0.2, 0.25) is 0 Å². The number of para-hydroxylation sites is 2. The number of phenols is 2. The third-order valence-corrected chi connectivity index (χ3v) is 12.4. The predicted molar refractivity (Wildman–Crippen MR) is 199 cm³/mol. The molecule has 1 fully saturated rings. The van der Waals surface area contributed by atoms with Crippen LogP contribution >= 0.6 is 0 Å². The first-order valence-electron chi connectivity index (χ1n) is 17.0. The second-order valence-electron chi connectivity index (χ2n) is 15.4. The molecule has 1 heterocycles. The molecule has 0 spiro atoms. The van der Waals surface area contributed by atoms with Crippen LogP contribution in [0.4, 0.5) is 0 Å². The Kier molecular flexibility index (Phi) is 12.8. The minimum atomic E-state index is -1.63. The van der Waals surface area contributed by atoms with Gasteiger partial charge in [-0.05, 0) is 0 Å². The molecule has 0 amide bonds. The summed E-state index contributed by atoms with van der Waals surface area (Å²) in [6, 6.07) is 28.2. The van der Waals surface area contributed by atoms with Crippen LogP contribution in [0.5, 0.6) is 11.5 Å². The summed E-state index contributed by atoms with van der Waals surface area (Å²) in [5, 5.41) is 32.1. The van der Waals surface area contributed by atoms with Crippen LogP contribution in [0.2, 0.25) is 0 Å². The fourth-order valence-electron chi connectivity index (χ4n) is 5.73. The zero-order chi connectivity index (χ0) is 35.8. The average Bonchev–Trinajstić information content (AvgIpc) is 3.62.